The van der Waals surface area contributed by atoms with Gasteiger partial charge in [0.15, 0.2) is 0 Å². The van der Waals surface area contributed by atoms with Gasteiger partial charge in [0.25, 0.3) is 0 Å². The van der Waals surface area contributed by atoms with Gasteiger partial charge in [-0.05, 0) is 31.0 Å². The van der Waals surface area contributed by atoms with Crippen molar-refractivity contribution in [1.82, 2.24) is 25.3 Å². The molecule has 2 aromatic heterocycles. The first-order chi connectivity index (χ1) is 13.2. The number of amides is 1. The first-order valence-corrected chi connectivity index (χ1v) is 8.97. The van der Waals surface area contributed by atoms with Gasteiger partial charge in [-0.15, -0.1) is 5.10 Å². The van der Waals surface area contributed by atoms with Crippen molar-refractivity contribution in [3.63, 3.8) is 0 Å². The van der Waals surface area contributed by atoms with Crippen molar-refractivity contribution in [2.75, 3.05) is 13.2 Å². The second-order valence-corrected chi connectivity index (χ2v) is 6.14. The van der Waals surface area contributed by atoms with Crippen molar-refractivity contribution in [1.29, 1.82) is 0 Å². The topological polar surface area (TPSA) is 81.9 Å². The van der Waals surface area contributed by atoms with E-state index in [0.29, 0.717) is 18.8 Å². The lowest BCUT2D eigenvalue weighted by Crippen LogP contribution is -2.29. The molecule has 2 heterocycles. The van der Waals surface area contributed by atoms with E-state index >= 15 is 0 Å². The standard InChI is InChI=1S/C20H23N5O2/c1-16(17-8-3-2-4-9-17)27-13-7-12-22-20(26)15-25-14-19(23-24-25)18-10-5-6-11-21-18/h2-6,8-11,14,16H,7,12-13,15H2,1H3,(H,22,26). The Morgan fingerprint density at radius 1 is 1.15 bits per heavy atom. The molecule has 0 aliphatic heterocycles. The molecule has 0 saturated heterocycles. The maximum absolute atomic E-state index is 12.0. The summed E-state index contributed by atoms with van der Waals surface area (Å²) in [6, 6.07) is 15.6. The average molecular weight is 365 g/mol. The van der Waals surface area contributed by atoms with Gasteiger partial charge < -0.3 is 10.1 Å². The molecule has 3 aromatic rings. The minimum absolute atomic E-state index is 0.0436. The van der Waals surface area contributed by atoms with E-state index in [0.717, 1.165) is 17.7 Å². The highest BCUT2D eigenvalue weighted by atomic mass is 16.5. The SMILES string of the molecule is CC(OCCCNC(=O)Cn1cc(-c2ccccn2)nn1)c1ccccc1. The van der Waals surface area contributed by atoms with E-state index < -0.39 is 0 Å². The van der Waals surface area contributed by atoms with Crippen LogP contribution >= 0.6 is 0 Å². The molecule has 1 amide bonds. The molecule has 1 N–H and O–H groups in total. The fourth-order valence-corrected chi connectivity index (χ4v) is 2.59. The summed E-state index contributed by atoms with van der Waals surface area (Å²) in [6.45, 7) is 3.30. The molecule has 7 heteroatoms. The maximum Gasteiger partial charge on any atom is 0.241 e. The van der Waals surface area contributed by atoms with E-state index in [9.17, 15) is 4.79 Å². The van der Waals surface area contributed by atoms with Crippen molar-refractivity contribution < 1.29 is 9.53 Å². The van der Waals surface area contributed by atoms with Crippen molar-refractivity contribution >= 4 is 5.91 Å². The molecule has 0 spiro atoms. The lowest BCUT2D eigenvalue weighted by atomic mass is 10.1. The van der Waals surface area contributed by atoms with E-state index in [1.165, 1.54) is 4.68 Å². The van der Waals surface area contributed by atoms with Crippen molar-refractivity contribution in [3.05, 3.63) is 66.5 Å². The molecule has 1 aromatic carbocycles. The minimum atomic E-state index is -0.108. The van der Waals surface area contributed by atoms with Crippen LogP contribution in [0.2, 0.25) is 0 Å². The van der Waals surface area contributed by atoms with Gasteiger partial charge >= 0.3 is 0 Å². The Labute approximate surface area is 158 Å². The lowest BCUT2D eigenvalue weighted by molar-refractivity contribution is -0.121. The van der Waals surface area contributed by atoms with Crippen LogP contribution in [0.5, 0.6) is 0 Å². The highest BCUT2D eigenvalue weighted by molar-refractivity contribution is 5.75. The zero-order chi connectivity index (χ0) is 18.9. The second kappa shape index (κ2) is 9.59. The summed E-state index contributed by atoms with van der Waals surface area (Å²) < 4.78 is 7.30. The molecule has 140 valence electrons. The van der Waals surface area contributed by atoms with E-state index in [1.54, 1.807) is 12.4 Å². The lowest BCUT2D eigenvalue weighted by Gasteiger charge is -2.13. The average Bonchev–Trinajstić information content (AvgIpc) is 3.17. The van der Waals surface area contributed by atoms with Gasteiger partial charge in [-0.2, -0.15) is 0 Å². The van der Waals surface area contributed by atoms with Gasteiger partial charge in [-0.1, -0.05) is 41.6 Å². The third-order valence-corrected chi connectivity index (χ3v) is 4.05. The Hall–Kier alpha value is -3.06. The Kier molecular flexibility index (Phi) is 6.65. The summed E-state index contributed by atoms with van der Waals surface area (Å²) >= 11 is 0. The minimum Gasteiger partial charge on any atom is -0.374 e. The Morgan fingerprint density at radius 2 is 1.96 bits per heavy atom. The summed E-state index contributed by atoms with van der Waals surface area (Å²) in [4.78, 5) is 16.2. The quantitative estimate of drug-likeness (QED) is 0.590. The highest BCUT2D eigenvalue weighted by Crippen LogP contribution is 2.15. The number of rotatable bonds is 9. The first-order valence-electron chi connectivity index (χ1n) is 8.97. The van der Waals surface area contributed by atoms with Gasteiger partial charge in [-0.3, -0.25) is 9.78 Å². The number of nitrogens with zero attached hydrogens (tertiary/aromatic N) is 4. The normalized spacial score (nSPS) is 11.9. The van der Waals surface area contributed by atoms with Crippen LogP contribution in [0.15, 0.2) is 60.9 Å². The number of aromatic nitrogens is 4. The van der Waals surface area contributed by atoms with Crippen LogP contribution < -0.4 is 5.32 Å². The molecule has 0 aliphatic rings. The maximum atomic E-state index is 12.0. The second-order valence-electron chi connectivity index (χ2n) is 6.14. The smallest absolute Gasteiger partial charge is 0.241 e. The van der Waals surface area contributed by atoms with Crippen LogP contribution in [-0.2, 0) is 16.1 Å². The van der Waals surface area contributed by atoms with Gasteiger partial charge in [0.05, 0.1) is 18.0 Å². The van der Waals surface area contributed by atoms with Gasteiger partial charge in [0, 0.05) is 19.3 Å². The molecule has 7 nitrogen and oxygen atoms in total. The fourth-order valence-electron chi connectivity index (χ4n) is 2.59. The molecule has 0 saturated carbocycles. The van der Waals surface area contributed by atoms with E-state index in [-0.39, 0.29) is 18.6 Å². The van der Waals surface area contributed by atoms with Crippen LogP contribution in [0, 0.1) is 0 Å². The summed E-state index contributed by atoms with van der Waals surface area (Å²) in [5.74, 6) is -0.108. The number of benzene rings is 1. The fraction of sp³-hybridized carbons (Fsp3) is 0.300. The van der Waals surface area contributed by atoms with Gasteiger partial charge in [0.1, 0.15) is 12.2 Å². The molecule has 3 rings (SSSR count). The zero-order valence-electron chi connectivity index (χ0n) is 15.3. The third-order valence-electron chi connectivity index (χ3n) is 4.05. The number of carbonyl (C=O) groups excluding carboxylic acids is 1. The summed E-state index contributed by atoms with van der Waals surface area (Å²) in [6.07, 6.45) is 4.20. The third kappa shape index (κ3) is 5.72. The van der Waals surface area contributed by atoms with Crippen molar-refractivity contribution in [2.24, 2.45) is 0 Å². The van der Waals surface area contributed by atoms with Gasteiger partial charge in [0.2, 0.25) is 5.91 Å². The largest absolute Gasteiger partial charge is 0.374 e. The number of pyridine rings is 1. The first kappa shape index (κ1) is 18.7. The van der Waals surface area contributed by atoms with Crippen LogP contribution in [-0.4, -0.2) is 39.0 Å². The summed E-state index contributed by atoms with van der Waals surface area (Å²) in [5.41, 5.74) is 2.52. The van der Waals surface area contributed by atoms with Crippen LogP contribution in [0.1, 0.15) is 25.0 Å². The van der Waals surface area contributed by atoms with E-state index in [2.05, 4.69) is 20.6 Å². The van der Waals surface area contributed by atoms with E-state index in [1.807, 2.05) is 55.5 Å². The molecular weight excluding hydrogens is 342 g/mol. The zero-order valence-corrected chi connectivity index (χ0v) is 15.3. The molecule has 0 aliphatic carbocycles. The monoisotopic (exact) mass is 365 g/mol. The van der Waals surface area contributed by atoms with E-state index in [4.69, 9.17) is 4.74 Å². The number of hydrogen-bond acceptors (Lipinski definition) is 5. The highest BCUT2D eigenvalue weighted by Gasteiger charge is 2.08. The van der Waals surface area contributed by atoms with Gasteiger partial charge in [-0.25, -0.2) is 4.68 Å². The molecule has 0 radical (unpaired) electrons. The molecule has 0 bridgehead atoms. The molecule has 1 atom stereocenters. The summed E-state index contributed by atoms with van der Waals surface area (Å²) in [7, 11) is 0. The molecule has 27 heavy (non-hydrogen) atoms. The number of hydrogen-bond donors (Lipinski definition) is 1. The molecule has 1 unspecified atom stereocenters. The van der Waals surface area contributed by atoms with Crippen LogP contribution in [0.25, 0.3) is 11.4 Å². The van der Waals surface area contributed by atoms with Crippen molar-refractivity contribution in [2.45, 2.75) is 26.0 Å². The van der Waals surface area contributed by atoms with Crippen LogP contribution in [0.3, 0.4) is 0 Å². The summed E-state index contributed by atoms with van der Waals surface area (Å²) in [5, 5.41) is 10.9. The molecule has 0 fully saturated rings. The van der Waals surface area contributed by atoms with Crippen LogP contribution in [0.4, 0.5) is 0 Å². The Morgan fingerprint density at radius 3 is 2.74 bits per heavy atom. The molecular formula is C20H23N5O2. The Balaban J connectivity index is 1.35. The van der Waals surface area contributed by atoms with Crippen molar-refractivity contribution in [3.8, 4) is 11.4 Å². The number of nitrogens with one attached hydrogen (secondary N) is 1. The Bertz CT molecular complexity index is 836. The number of ether oxygens (including phenoxy) is 1. The predicted octanol–water partition coefficient (Wildman–Crippen LogP) is 2.62. The predicted molar refractivity (Wildman–Crippen MR) is 102 cm³/mol. The number of carbonyl (C=O) groups is 1.